The summed E-state index contributed by atoms with van der Waals surface area (Å²) >= 11 is 0. The van der Waals surface area contributed by atoms with Crippen molar-refractivity contribution in [3.63, 3.8) is 0 Å². The number of nitrogens with zero attached hydrogens (tertiary/aromatic N) is 2. The van der Waals surface area contributed by atoms with Gasteiger partial charge < -0.3 is 19.9 Å². The molecule has 2 heterocycles. The summed E-state index contributed by atoms with van der Waals surface area (Å²) in [5, 5.41) is 3.03. The maximum Gasteiger partial charge on any atom is 0.321 e. The van der Waals surface area contributed by atoms with E-state index in [1.807, 2.05) is 66.4 Å². The van der Waals surface area contributed by atoms with E-state index >= 15 is 0 Å². The largest absolute Gasteiger partial charge is 0.381 e. The zero-order valence-corrected chi connectivity index (χ0v) is 18.8. The number of carbonyl (C=O) groups excluding carboxylic acids is 2. The van der Waals surface area contributed by atoms with Gasteiger partial charge in [-0.05, 0) is 49.8 Å². The van der Waals surface area contributed by atoms with Crippen LogP contribution >= 0.6 is 0 Å². The lowest BCUT2D eigenvalue weighted by Gasteiger charge is -2.43. The number of hydrogen-bond acceptors (Lipinski definition) is 3. The van der Waals surface area contributed by atoms with E-state index in [2.05, 4.69) is 10.2 Å². The second-order valence-electron chi connectivity index (χ2n) is 8.77. The van der Waals surface area contributed by atoms with E-state index < -0.39 is 0 Å². The molecular formula is C26H33N3O3. The lowest BCUT2D eigenvalue weighted by atomic mass is 9.96. The van der Waals surface area contributed by atoms with Gasteiger partial charge in [0.25, 0.3) is 0 Å². The standard InChI is InChI=1S/C26H33N3O3/c1-20-7-5-6-10-24(20)27-26(31)28-15-11-22(12-16-28)29(23-13-17-32-18-14-23)25(30)19-21-8-3-2-4-9-21/h2-10,22-23H,11-19H2,1H3,(H,27,31). The van der Waals surface area contributed by atoms with Crippen LogP contribution in [0.5, 0.6) is 0 Å². The fourth-order valence-electron chi connectivity index (χ4n) is 4.79. The number of amides is 3. The van der Waals surface area contributed by atoms with Gasteiger partial charge in [-0.1, -0.05) is 48.5 Å². The first-order valence-electron chi connectivity index (χ1n) is 11.7. The Kier molecular flexibility index (Phi) is 7.43. The molecular weight excluding hydrogens is 402 g/mol. The number of nitrogens with one attached hydrogen (secondary N) is 1. The van der Waals surface area contributed by atoms with Crippen LogP contribution in [0.3, 0.4) is 0 Å². The Morgan fingerprint density at radius 3 is 2.25 bits per heavy atom. The van der Waals surface area contributed by atoms with Gasteiger partial charge in [-0.25, -0.2) is 4.79 Å². The number of piperidine rings is 1. The Bertz CT molecular complexity index is 904. The topological polar surface area (TPSA) is 61.9 Å². The second kappa shape index (κ2) is 10.6. The first-order valence-corrected chi connectivity index (χ1v) is 11.7. The minimum atomic E-state index is -0.0639. The van der Waals surface area contributed by atoms with Gasteiger partial charge >= 0.3 is 6.03 Å². The van der Waals surface area contributed by atoms with E-state index in [1.165, 1.54) is 0 Å². The van der Waals surface area contributed by atoms with Crippen LogP contribution in [0.25, 0.3) is 0 Å². The average Bonchev–Trinajstić information content (AvgIpc) is 2.82. The van der Waals surface area contributed by atoms with Crippen LogP contribution in [0.4, 0.5) is 10.5 Å². The maximum absolute atomic E-state index is 13.4. The third-order valence-electron chi connectivity index (χ3n) is 6.60. The molecule has 6 nitrogen and oxygen atoms in total. The van der Waals surface area contributed by atoms with Gasteiger partial charge in [0, 0.05) is 44.1 Å². The molecule has 4 rings (SSSR count). The third kappa shape index (κ3) is 5.49. The molecule has 3 amide bonds. The molecule has 1 N–H and O–H groups in total. The summed E-state index contributed by atoms with van der Waals surface area (Å²) in [6.45, 7) is 4.71. The highest BCUT2D eigenvalue weighted by atomic mass is 16.5. The van der Waals surface area contributed by atoms with E-state index in [4.69, 9.17) is 4.74 Å². The van der Waals surface area contributed by atoms with Crippen LogP contribution < -0.4 is 5.32 Å². The first-order chi connectivity index (χ1) is 15.6. The Morgan fingerprint density at radius 2 is 1.56 bits per heavy atom. The number of hydrogen-bond donors (Lipinski definition) is 1. The van der Waals surface area contributed by atoms with Crippen molar-refractivity contribution in [2.24, 2.45) is 0 Å². The van der Waals surface area contributed by atoms with Gasteiger partial charge in [-0.3, -0.25) is 4.79 Å². The number of carbonyl (C=O) groups is 2. The molecule has 0 spiro atoms. The summed E-state index contributed by atoms with van der Waals surface area (Å²) in [6.07, 6.45) is 3.80. The van der Waals surface area contributed by atoms with Crippen LogP contribution in [-0.2, 0) is 16.0 Å². The normalized spacial score (nSPS) is 17.7. The monoisotopic (exact) mass is 435 g/mol. The number of ether oxygens (including phenoxy) is 1. The van der Waals surface area contributed by atoms with Gasteiger partial charge in [0.15, 0.2) is 0 Å². The zero-order chi connectivity index (χ0) is 22.3. The first kappa shape index (κ1) is 22.3. The lowest BCUT2D eigenvalue weighted by molar-refractivity contribution is -0.139. The van der Waals surface area contributed by atoms with Crippen LogP contribution in [-0.4, -0.2) is 60.1 Å². The van der Waals surface area contributed by atoms with Crippen LogP contribution in [0.15, 0.2) is 54.6 Å². The highest BCUT2D eigenvalue weighted by Gasteiger charge is 2.34. The van der Waals surface area contributed by atoms with Crippen LogP contribution in [0, 0.1) is 6.92 Å². The maximum atomic E-state index is 13.4. The highest BCUT2D eigenvalue weighted by molar-refractivity contribution is 5.90. The molecule has 170 valence electrons. The van der Waals surface area contributed by atoms with Crippen molar-refractivity contribution in [3.8, 4) is 0 Å². The van der Waals surface area contributed by atoms with Crippen molar-refractivity contribution < 1.29 is 14.3 Å². The van der Waals surface area contributed by atoms with Gasteiger partial charge in [0.2, 0.25) is 5.91 Å². The number of benzene rings is 2. The van der Waals surface area contributed by atoms with Gasteiger partial charge in [-0.15, -0.1) is 0 Å². The SMILES string of the molecule is Cc1ccccc1NC(=O)N1CCC(N(C(=O)Cc2ccccc2)C2CCOCC2)CC1. The summed E-state index contributed by atoms with van der Waals surface area (Å²) in [5.41, 5.74) is 2.94. The minimum Gasteiger partial charge on any atom is -0.381 e. The number of urea groups is 1. The number of aryl methyl sites for hydroxylation is 1. The minimum absolute atomic E-state index is 0.0639. The molecule has 2 aliphatic heterocycles. The van der Waals surface area contributed by atoms with E-state index in [-0.39, 0.29) is 24.0 Å². The number of rotatable bonds is 5. The van der Waals surface area contributed by atoms with Gasteiger partial charge in [0.05, 0.1) is 6.42 Å². The molecule has 2 fully saturated rings. The summed E-state index contributed by atoms with van der Waals surface area (Å²) in [6, 6.07) is 18.1. The molecule has 0 aliphatic carbocycles. The summed E-state index contributed by atoms with van der Waals surface area (Å²) < 4.78 is 5.55. The fraction of sp³-hybridized carbons (Fsp3) is 0.462. The third-order valence-corrected chi connectivity index (χ3v) is 6.60. The lowest BCUT2D eigenvalue weighted by Crippen LogP contribution is -2.54. The second-order valence-corrected chi connectivity index (χ2v) is 8.77. The molecule has 0 aromatic heterocycles. The molecule has 0 bridgehead atoms. The predicted octanol–water partition coefficient (Wildman–Crippen LogP) is 4.24. The molecule has 2 aliphatic rings. The van der Waals surface area contributed by atoms with Crippen LogP contribution in [0.2, 0.25) is 0 Å². The number of likely N-dealkylation sites (tertiary alicyclic amines) is 1. The van der Waals surface area contributed by atoms with Crippen molar-refractivity contribution in [2.75, 3.05) is 31.6 Å². The average molecular weight is 436 g/mol. The number of anilines is 1. The Hall–Kier alpha value is -2.86. The zero-order valence-electron chi connectivity index (χ0n) is 18.8. The van der Waals surface area contributed by atoms with E-state index in [1.54, 1.807) is 0 Å². The van der Waals surface area contributed by atoms with E-state index in [0.29, 0.717) is 32.7 Å². The molecule has 2 saturated heterocycles. The Balaban J connectivity index is 1.40. The predicted molar refractivity (Wildman–Crippen MR) is 126 cm³/mol. The van der Waals surface area contributed by atoms with Crippen molar-refractivity contribution in [1.29, 1.82) is 0 Å². The molecule has 0 saturated carbocycles. The highest BCUT2D eigenvalue weighted by Crippen LogP contribution is 2.26. The van der Waals surface area contributed by atoms with E-state index in [0.717, 1.165) is 42.5 Å². The van der Waals surface area contributed by atoms with Crippen molar-refractivity contribution >= 4 is 17.6 Å². The summed E-state index contributed by atoms with van der Waals surface area (Å²) in [7, 11) is 0. The Labute approximate surface area is 190 Å². The number of para-hydroxylation sites is 1. The molecule has 2 aromatic carbocycles. The quantitative estimate of drug-likeness (QED) is 0.764. The van der Waals surface area contributed by atoms with Gasteiger partial charge in [-0.2, -0.15) is 0 Å². The van der Waals surface area contributed by atoms with Gasteiger partial charge in [0.1, 0.15) is 0 Å². The van der Waals surface area contributed by atoms with Crippen LogP contribution in [0.1, 0.15) is 36.8 Å². The van der Waals surface area contributed by atoms with Crippen molar-refractivity contribution in [2.45, 2.75) is 51.1 Å². The van der Waals surface area contributed by atoms with Crippen molar-refractivity contribution in [3.05, 3.63) is 65.7 Å². The van der Waals surface area contributed by atoms with E-state index in [9.17, 15) is 9.59 Å². The smallest absolute Gasteiger partial charge is 0.321 e. The molecule has 0 atom stereocenters. The summed E-state index contributed by atoms with van der Waals surface area (Å²) in [5.74, 6) is 0.186. The molecule has 0 radical (unpaired) electrons. The fourth-order valence-corrected chi connectivity index (χ4v) is 4.79. The van der Waals surface area contributed by atoms with Crippen molar-refractivity contribution in [1.82, 2.24) is 9.80 Å². The molecule has 0 unspecified atom stereocenters. The molecule has 6 heteroatoms. The summed E-state index contributed by atoms with van der Waals surface area (Å²) in [4.78, 5) is 30.2. The molecule has 32 heavy (non-hydrogen) atoms. The Morgan fingerprint density at radius 1 is 0.938 bits per heavy atom. The molecule has 2 aromatic rings.